The third-order valence-corrected chi connectivity index (χ3v) is 4.65. The molecule has 0 saturated heterocycles. The van der Waals surface area contributed by atoms with E-state index in [0.717, 1.165) is 5.56 Å². The standard InChI is InChI=1S/C21H22N2O4/c24-19(12-15-7-9-16(10-8-15)21(26)27)22-11-3-6-20(25)23-13-17-4-1-2-5-18(17)14-23/h1-2,4-5,7-10H,3,6,11-14H2,(H,22,24)(H,26,27). The van der Waals surface area contributed by atoms with Gasteiger partial charge in [0.05, 0.1) is 12.0 Å². The summed E-state index contributed by atoms with van der Waals surface area (Å²) >= 11 is 0. The topological polar surface area (TPSA) is 86.7 Å². The van der Waals surface area contributed by atoms with Crippen LogP contribution >= 0.6 is 0 Å². The number of carboxylic acids is 1. The zero-order valence-electron chi connectivity index (χ0n) is 15.0. The van der Waals surface area contributed by atoms with Gasteiger partial charge in [-0.3, -0.25) is 9.59 Å². The number of nitrogens with one attached hydrogen (secondary N) is 1. The summed E-state index contributed by atoms with van der Waals surface area (Å²) in [7, 11) is 0. The summed E-state index contributed by atoms with van der Waals surface area (Å²) in [6.45, 7) is 1.76. The first kappa shape index (κ1) is 18.6. The van der Waals surface area contributed by atoms with Crippen molar-refractivity contribution in [2.75, 3.05) is 6.54 Å². The molecule has 3 rings (SSSR count). The predicted octanol–water partition coefficient (Wildman–Crippen LogP) is 2.37. The van der Waals surface area contributed by atoms with Crippen LogP contribution in [0.4, 0.5) is 0 Å². The SMILES string of the molecule is O=C(Cc1ccc(C(=O)O)cc1)NCCCC(=O)N1Cc2ccccc2C1. The second-order valence-electron chi connectivity index (χ2n) is 6.65. The number of rotatable bonds is 7. The Balaban J connectivity index is 1.36. The molecule has 6 nitrogen and oxygen atoms in total. The minimum Gasteiger partial charge on any atom is -0.478 e. The van der Waals surface area contributed by atoms with Crippen molar-refractivity contribution in [2.45, 2.75) is 32.4 Å². The minimum atomic E-state index is -0.989. The molecule has 0 aromatic heterocycles. The Bertz CT molecular complexity index is 821. The number of hydrogen-bond acceptors (Lipinski definition) is 3. The van der Waals surface area contributed by atoms with Gasteiger partial charge in [0.15, 0.2) is 0 Å². The largest absolute Gasteiger partial charge is 0.478 e. The third kappa shape index (κ3) is 4.94. The van der Waals surface area contributed by atoms with Crippen molar-refractivity contribution >= 4 is 17.8 Å². The lowest BCUT2D eigenvalue weighted by molar-refractivity contribution is -0.132. The van der Waals surface area contributed by atoms with Crippen LogP contribution in [0.1, 0.15) is 39.9 Å². The monoisotopic (exact) mass is 366 g/mol. The molecule has 1 aliphatic rings. The van der Waals surface area contributed by atoms with Gasteiger partial charge in [-0.25, -0.2) is 4.79 Å². The van der Waals surface area contributed by atoms with Crippen molar-refractivity contribution in [1.82, 2.24) is 10.2 Å². The van der Waals surface area contributed by atoms with Crippen molar-refractivity contribution in [2.24, 2.45) is 0 Å². The van der Waals surface area contributed by atoms with E-state index in [4.69, 9.17) is 5.11 Å². The Morgan fingerprint density at radius 3 is 2.19 bits per heavy atom. The number of fused-ring (bicyclic) bond motifs is 1. The maximum absolute atomic E-state index is 12.3. The number of amides is 2. The van der Waals surface area contributed by atoms with Crippen LogP contribution in [-0.4, -0.2) is 34.3 Å². The first-order chi connectivity index (χ1) is 13.0. The van der Waals surface area contributed by atoms with E-state index in [-0.39, 0.29) is 23.8 Å². The molecule has 0 aliphatic carbocycles. The molecule has 0 radical (unpaired) electrons. The molecule has 1 heterocycles. The molecule has 2 amide bonds. The Hall–Kier alpha value is -3.15. The number of hydrogen-bond donors (Lipinski definition) is 2. The van der Waals surface area contributed by atoms with E-state index in [1.807, 2.05) is 29.2 Å². The Kier molecular flexibility index (Phi) is 5.86. The summed E-state index contributed by atoms with van der Waals surface area (Å²) in [6.07, 6.45) is 1.19. The molecule has 2 aromatic rings. The highest BCUT2D eigenvalue weighted by Gasteiger charge is 2.22. The first-order valence-corrected chi connectivity index (χ1v) is 8.96. The highest BCUT2D eigenvalue weighted by atomic mass is 16.4. The molecule has 1 aliphatic heterocycles. The van der Waals surface area contributed by atoms with Gasteiger partial charge in [0.1, 0.15) is 0 Å². The fourth-order valence-corrected chi connectivity index (χ4v) is 3.15. The van der Waals surface area contributed by atoms with Gasteiger partial charge in [-0.1, -0.05) is 36.4 Å². The van der Waals surface area contributed by atoms with Crippen molar-refractivity contribution in [3.05, 3.63) is 70.8 Å². The average molecular weight is 366 g/mol. The summed E-state index contributed by atoms with van der Waals surface area (Å²) in [5.41, 5.74) is 3.35. The Morgan fingerprint density at radius 1 is 0.963 bits per heavy atom. The van der Waals surface area contributed by atoms with Crippen LogP contribution in [0.15, 0.2) is 48.5 Å². The smallest absolute Gasteiger partial charge is 0.335 e. The number of carbonyl (C=O) groups is 3. The Labute approximate surface area is 157 Å². The van der Waals surface area contributed by atoms with Gasteiger partial charge in [0.2, 0.25) is 11.8 Å². The van der Waals surface area contributed by atoms with Gasteiger partial charge in [0, 0.05) is 26.1 Å². The molecular weight excluding hydrogens is 344 g/mol. The van der Waals surface area contributed by atoms with Gasteiger partial charge >= 0.3 is 5.97 Å². The van der Waals surface area contributed by atoms with Crippen LogP contribution in [0, 0.1) is 0 Å². The summed E-state index contributed by atoms with van der Waals surface area (Å²) in [4.78, 5) is 36.9. The number of aromatic carboxylic acids is 1. The molecule has 0 spiro atoms. The predicted molar refractivity (Wildman–Crippen MR) is 100 cm³/mol. The van der Waals surface area contributed by atoms with E-state index in [1.54, 1.807) is 12.1 Å². The number of carboxylic acid groups (broad SMARTS) is 1. The van der Waals surface area contributed by atoms with Crippen LogP contribution < -0.4 is 5.32 Å². The molecule has 0 fully saturated rings. The minimum absolute atomic E-state index is 0.102. The number of carbonyl (C=O) groups excluding carboxylic acids is 2. The van der Waals surface area contributed by atoms with Crippen LogP contribution in [0.5, 0.6) is 0 Å². The van der Waals surface area contributed by atoms with E-state index in [9.17, 15) is 14.4 Å². The second kappa shape index (κ2) is 8.49. The molecule has 27 heavy (non-hydrogen) atoms. The highest BCUT2D eigenvalue weighted by Crippen LogP contribution is 2.22. The maximum atomic E-state index is 12.3. The third-order valence-electron chi connectivity index (χ3n) is 4.65. The van der Waals surface area contributed by atoms with E-state index < -0.39 is 5.97 Å². The molecule has 6 heteroatoms. The van der Waals surface area contributed by atoms with E-state index in [2.05, 4.69) is 5.32 Å². The van der Waals surface area contributed by atoms with E-state index >= 15 is 0 Å². The normalized spacial score (nSPS) is 12.5. The zero-order chi connectivity index (χ0) is 19.2. The number of benzene rings is 2. The summed E-state index contributed by atoms with van der Waals surface area (Å²) < 4.78 is 0. The van der Waals surface area contributed by atoms with Gasteiger partial charge < -0.3 is 15.3 Å². The van der Waals surface area contributed by atoms with Crippen LogP contribution in [-0.2, 0) is 29.1 Å². The number of nitrogens with zero attached hydrogens (tertiary/aromatic N) is 1. The lowest BCUT2D eigenvalue weighted by Crippen LogP contribution is -2.29. The molecule has 2 N–H and O–H groups in total. The fourth-order valence-electron chi connectivity index (χ4n) is 3.15. The van der Waals surface area contributed by atoms with Crippen LogP contribution in [0.2, 0.25) is 0 Å². The van der Waals surface area contributed by atoms with Gasteiger partial charge in [-0.05, 0) is 35.2 Å². The van der Waals surface area contributed by atoms with E-state index in [0.29, 0.717) is 32.5 Å². The quantitative estimate of drug-likeness (QED) is 0.737. The summed E-state index contributed by atoms with van der Waals surface area (Å²) in [6, 6.07) is 14.3. The lowest BCUT2D eigenvalue weighted by Gasteiger charge is -2.15. The van der Waals surface area contributed by atoms with Gasteiger partial charge in [0.25, 0.3) is 0 Å². The van der Waals surface area contributed by atoms with Crippen molar-refractivity contribution in [1.29, 1.82) is 0 Å². The second-order valence-corrected chi connectivity index (χ2v) is 6.65. The molecule has 0 unspecified atom stereocenters. The molecule has 0 atom stereocenters. The average Bonchev–Trinajstić information content (AvgIpc) is 3.10. The maximum Gasteiger partial charge on any atom is 0.335 e. The van der Waals surface area contributed by atoms with Crippen LogP contribution in [0.3, 0.4) is 0 Å². The molecule has 0 bridgehead atoms. The highest BCUT2D eigenvalue weighted by molar-refractivity contribution is 5.87. The first-order valence-electron chi connectivity index (χ1n) is 8.96. The van der Waals surface area contributed by atoms with Crippen molar-refractivity contribution < 1.29 is 19.5 Å². The molecule has 140 valence electrons. The van der Waals surface area contributed by atoms with Gasteiger partial charge in [-0.2, -0.15) is 0 Å². The van der Waals surface area contributed by atoms with Crippen molar-refractivity contribution in [3.8, 4) is 0 Å². The van der Waals surface area contributed by atoms with Crippen molar-refractivity contribution in [3.63, 3.8) is 0 Å². The summed E-state index contributed by atoms with van der Waals surface area (Å²) in [5.74, 6) is -1.03. The molecule has 0 saturated carbocycles. The molecular formula is C21H22N2O4. The summed E-state index contributed by atoms with van der Waals surface area (Å²) in [5, 5.41) is 11.7. The van der Waals surface area contributed by atoms with Crippen LogP contribution in [0.25, 0.3) is 0 Å². The molecule has 2 aromatic carbocycles. The van der Waals surface area contributed by atoms with Gasteiger partial charge in [-0.15, -0.1) is 0 Å². The van der Waals surface area contributed by atoms with E-state index in [1.165, 1.54) is 23.3 Å². The zero-order valence-corrected chi connectivity index (χ0v) is 15.0. The lowest BCUT2D eigenvalue weighted by atomic mass is 10.1. The fraction of sp³-hybridized carbons (Fsp3) is 0.286. The Morgan fingerprint density at radius 2 is 1.59 bits per heavy atom.